The first-order chi connectivity index (χ1) is 7.59. The van der Waals surface area contributed by atoms with Crippen LogP contribution in [0.25, 0.3) is 0 Å². The van der Waals surface area contributed by atoms with E-state index in [0.29, 0.717) is 10.6 Å². The first-order valence-electron chi connectivity index (χ1n) is 4.56. The standard InChI is InChI=1S/C11H7Cl2NO2/c12-8-4-2-1-3-7(8)6-14-10(15)5-9(13)11(14)16/h1-5H,6H2. The highest BCUT2D eigenvalue weighted by molar-refractivity contribution is 6.46. The van der Waals surface area contributed by atoms with Gasteiger partial charge in [-0.15, -0.1) is 0 Å². The van der Waals surface area contributed by atoms with E-state index in [2.05, 4.69) is 0 Å². The van der Waals surface area contributed by atoms with E-state index in [1.807, 2.05) is 0 Å². The van der Waals surface area contributed by atoms with Crippen LogP contribution in [0.3, 0.4) is 0 Å². The largest absolute Gasteiger partial charge is 0.272 e. The number of carbonyl (C=O) groups is 2. The highest BCUT2D eigenvalue weighted by atomic mass is 35.5. The van der Waals surface area contributed by atoms with Crippen LogP contribution in [0.4, 0.5) is 0 Å². The van der Waals surface area contributed by atoms with E-state index in [4.69, 9.17) is 23.2 Å². The SMILES string of the molecule is O=C1C=C(Cl)C(=O)N1Cc1ccccc1Cl. The maximum absolute atomic E-state index is 11.5. The molecule has 2 rings (SSSR count). The van der Waals surface area contributed by atoms with Gasteiger partial charge >= 0.3 is 0 Å². The second kappa shape index (κ2) is 4.28. The third-order valence-electron chi connectivity index (χ3n) is 2.25. The van der Waals surface area contributed by atoms with Crippen LogP contribution in [0.1, 0.15) is 5.56 Å². The lowest BCUT2D eigenvalue weighted by Gasteiger charge is -2.14. The van der Waals surface area contributed by atoms with E-state index in [9.17, 15) is 9.59 Å². The van der Waals surface area contributed by atoms with Crippen molar-refractivity contribution in [2.45, 2.75) is 6.54 Å². The Morgan fingerprint density at radius 2 is 1.81 bits per heavy atom. The van der Waals surface area contributed by atoms with Crippen LogP contribution in [-0.2, 0) is 16.1 Å². The fourth-order valence-electron chi connectivity index (χ4n) is 1.42. The van der Waals surface area contributed by atoms with Gasteiger partial charge in [0, 0.05) is 11.1 Å². The Hall–Kier alpha value is -1.32. The molecule has 0 aromatic heterocycles. The molecule has 1 heterocycles. The van der Waals surface area contributed by atoms with Crippen molar-refractivity contribution in [3.8, 4) is 0 Å². The molecule has 0 spiro atoms. The van der Waals surface area contributed by atoms with Crippen molar-refractivity contribution in [3.05, 3.63) is 46.0 Å². The summed E-state index contributed by atoms with van der Waals surface area (Å²) in [6, 6.07) is 7.04. The van der Waals surface area contributed by atoms with Gasteiger partial charge in [-0.25, -0.2) is 0 Å². The molecule has 16 heavy (non-hydrogen) atoms. The van der Waals surface area contributed by atoms with Gasteiger partial charge in [0.1, 0.15) is 5.03 Å². The normalized spacial score (nSPS) is 15.6. The van der Waals surface area contributed by atoms with E-state index in [0.717, 1.165) is 11.0 Å². The zero-order chi connectivity index (χ0) is 11.7. The summed E-state index contributed by atoms with van der Waals surface area (Å²) >= 11 is 11.5. The van der Waals surface area contributed by atoms with Gasteiger partial charge in [-0.1, -0.05) is 41.4 Å². The molecular weight excluding hydrogens is 249 g/mol. The Labute approximate surface area is 102 Å². The zero-order valence-corrected chi connectivity index (χ0v) is 9.63. The van der Waals surface area contributed by atoms with Crippen molar-refractivity contribution >= 4 is 35.0 Å². The summed E-state index contributed by atoms with van der Waals surface area (Å²) in [6.45, 7) is 0.143. The third-order valence-corrected chi connectivity index (χ3v) is 2.89. The molecule has 0 saturated carbocycles. The molecule has 0 saturated heterocycles. The van der Waals surface area contributed by atoms with Gasteiger partial charge in [0.05, 0.1) is 6.54 Å². The highest BCUT2D eigenvalue weighted by Crippen LogP contribution is 2.22. The molecule has 2 amide bonds. The number of carbonyl (C=O) groups excluding carboxylic acids is 2. The maximum Gasteiger partial charge on any atom is 0.272 e. The van der Waals surface area contributed by atoms with Crippen molar-refractivity contribution in [2.24, 2.45) is 0 Å². The van der Waals surface area contributed by atoms with Crippen LogP contribution in [0.15, 0.2) is 35.4 Å². The molecule has 0 N–H and O–H groups in total. The van der Waals surface area contributed by atoms with Gasteiger partial charge in [0.25, 0.3) is 11.8 Å². The number of hydrogen-bond donors (Lipinski definition) is 0. The Balaban J connectivity index is 2.22. The van der Waals surface area contributed by atoms with E-state index < -0.39 is 11.8 Å². The molecule has 82 valence electrons. The maximum atomic E-state index is 11.5. The molecule has 1 aromatic rings. The van der Waals surface area contributed by atoms with Crippen LogP contribution in [0, 0.1) is 0 Å². The monoisotopic (exact) mass is 255 g/mol. The quantitative estimate of drug-likeness (QED) is 0.761. The van der Waals surface area contributed by atoms with Crippen molar-refractivity contribution in [3.63, 3.8) is 0 Å². The van der Waals surface area contributed by atoms with Crippen molar-refractivity contribution in [1.82, 2.24) is 4.90 Å². The smallest absolute Gasteiger partial charge is 0.270 e. The molecule has 0 radical (unpaired) electrons. The second-order valence-corrected chi connectivity index (χ2v) is 4.13. The van der Waals surface area contributed by atoms with Crippen LogP contribution < -0.4 is 0 Å². The summed E-state index contributed by atoms with van der Waals surface area (Å²) < 4.78 is 0. The Morgan fingerprint density at radius 3 is 2.38 bits per heavy atom. The summed E-state index contributed by atoms with van der Waals surface area (Å²) in [4.78, 5) is 24.0. The molecule has 0 aliphatic carbocycles. The van der Waals surface area contributed by atoms with Gasteiger partial charge in [0.15, 0.2) is 0 Å². The van der Waals surface area contributed by atoms with Crippen molar-refractivity contribution < 1.29 is 9.59 Å². The summed E-state index contributed by atoms with van der Waals surface area (Å²) in [5.41, 5.74) is 0.714. The van der Waals surface area contributed by atoms with E-state index in [-0.39, 0.29) is 11.6 Å². The first kappa shape index (κ1) is 11.2. The van der Waals surface area contributed by atoms with Crippen molar-refractivity contribution in [1.29, 1.82) is 0 Å². The minimum atomic E-state index is -0.480. The lowest BCUT2D eigenvalue weighted by molar-refractivity contribution is -0.137. The summed E-state index contributed by atoms with van der Waals surface area (Å²) in [5, 5.41) is 0.461. The average molecular weight is 256 g/mol. The number of amides is 2. The summed E-state index contributed by atoms with van der Waals surface area (Å²) in [7, 11) is 0. The molecule has 1 aliphatic heterocycles. The minimum Gasteiger partial charge on any atom is -0.270 e. The molecule has 3 nitrogen and oxygen atoms in total. The van der Waals surface area contributed by atoms with Gasteiger partial charge in [-0.3, -0.25) is 14.5 Å². The minimum absolute atomic E-state index is 0.0583. The molecule has 0 atom stereocenters. The number of benzene rings is 1. The fraction of sp³-hybridized carbons (Fsp3) is 0.0909. The van der Waals surface area contributed by atoms with E-state index in [1.54, 1.807) is 24.3 Å². The number of rotatable bonds is 2. The molecule has 0 fully saturated rings. The van der Waals surface area contributed by atoms with Crippen LogP contribution in [0.2, 0.25) is 5.02 Å². The Morgan fingerprint density at radius 1 is 1.12 bits per heavy atom. The first-order valence-corrected chi connectivity index (χ1v) is 5.31. The number of imide groups is 1. The Kier molecular flexibility index (Phi) is 2.99. The van der Waals surface area contributed by atoms with Gasteiger partial charge in [-0.2, -0.15) is 0 Å². The highest BCUT2D eigenvalue weighted by Gasteiger charge is 2.30. The van der Waals surface area contributed by atoms with Crippen molar-refractivity contribution in [2.75, 3.05) is 0 Å². The number of hydrogen-bond acceptors (Lipinski definition) is 2. The molecule has 0 unspecified atom stereocenters. The van der Waals surface area contributed by atoms with Crippen LogP contribution in [-0.4, -0.2) is 16.7 Å². The Bertz CT molecular complexity index is 497. The number of nitrogens with zero attached hydrogens (tertiary/aromatic N) is 1. The molecule has 1 aromatic carbocycles. The molecule has 5 heteroatoms. The van der Waals surface area contributed by atoms with Gasteiger partial charge in [0.2, 0.25) is 0 Å². The fourth-order valence-corrected chi connectivity index (χ4v) is 1.81. The average Bonchev–Trinajstić information content (AvgIpc) is 2.48. The predicted molar refractivity (Wildman–Crippen MR) is 60.9 cm³/mol. The second-order valence-electron chi connectivity index (χ2n) is 3.31. The lowest BCUT2D eigenvalue weighted by Crippen LogP contribution is -2.30. The summed E-state index contributed by atoms with van der Waals surface area (Å²) in [5.74, 6) is -0.887. The van der Waals surface area contributed by atoms with Crippen LogP contribution >= 0.6 is 23.2 Å². The topological polar surface area (TPSA) is 37.4 Å². The molecular formula is C11H7Cl2NO2. The number of halogens is 2. The van der Waals surface area contributed by atoms with E-state index in [1.165, 1.54) is 0 Å². The molecule has 1 aliphatic rings. The van der Waals surface area contributed by atoms with E-state index >= 15 is 0 Å². The molecule has 0 bridgehead atoms. The zero-order valence-electron chi connectivity index (χ0n) is 8.11. The van der Waals surface area contributed by atoms with Crippen LogP contribution in [0.5, 0.6) is 0 Å². The predicted octanol–water partition coefficient (Wildman–Crippen LogP) is 2.33. The third kappa shape index (κ3) is 1.96. The van der Waals surface area contributed by atoms with Gasteiger partial charge < -0.3 is 0 Å². The summed E-state index contributed by atoms with van der Waals surface area (Å²) in [6.07, 6.45) is 1.11. The lowest BCUT2D eigenvalue weighted by atomic mass is 10.2. The van der Waals surface area contributed by atoms with Gasteiger partial charge in [-0.05, 0) is 11.6 Å².